The Morgan fingerprint density at radius 2 is 1.93 bits per heavy atom. The van der Waals surface area contributed by atoms with Crippen LogP contribution in [0.25, 0.3) is 0 Å². The van der Waals surface area contributed by atoms with Crippen molar-refractivity contribution in [2.24, 2.45) is 17.6 Å². The highest BCUT2D eigenvalue weighted by molar-refractivity contribution is 5.14. The molecule has 2 aliphatic carbocycles. The number of hydrogen-bond donors (Lipinski definition) is 2. The molecule has 0 aromatic heterocycles. The van der Waals surface area contributed by atoms with E-state index in [1.165, 1.54) is 19.3 Å². The molecule has 1 aliphatic heterocycles. The summed E-state index contributed by atoms with van der Waals surface area (Å²) in [6, 6.07) is 0. The molecule has 0 radical (unpaired) electrons. The summed E-state index contributed by atoms with van der Waals surface area (Å²) < 4.78 is 5.36. The van der Waals surface area contributed by atoms with Crippen LogP contribution in [0.2, 0.25) is 0 Å². The predicted octanol–water partition coefficient (Wildman–Crippen LogP) is 1.05. The van der Waals surface area contributed by atoms with Crippen molar-refractivity contribution in [2.45, 2.75) is 49.7 Å². The van der Waals surface area contributed by atoms with Gasteiger partial charge in [0.1, 0.15) is 0 Å². The molecule has 3 N–H and O–H groups in total. The molecule has 0 amide bonds. The average molecular weight is 211 g/mol. The van der Waals surface area contributed by atoms with Crippen molar-refractivity contribution >= 4 is 0 Å². The van der Waals surface area contributed by atoms with E-state index in [9.17, 15) is 5.11 Å². The first kappa shape index (κ1) is 10.1. The summed E-state index contributed by atoms with van der Waals surface area (Å²) in [5.74, 6) is 1.20. The van der Waals surface area contributed by atoms with Gasteiger partial charge in [-0.2, -0.15) is 0 Å². The van der Waals surface area contributed by atoms with E-state index >= 15 is 0 Å². The highest BCUT2D eigenvalue weighted by Crippen LogP contribution is 2.55. The minimum atomic E-state index is -0.584. The number of fused-ring (bicyclic) bond motifs is 2. The van der Waals surface area contributed by atoms with Crippen LogP contribution in [-0.2, 0) is 4.74 Å². The zero-order valence-electron chi connectivity index (χ0n) is 9.24. The van der Waals surface area contributed by atoms with Crippen LogP contribution in [0.3, 0.4) is 0 Å². The van der Waals surface area contributed by atoms with Crippen LogP contribution in [-0.4, -0.2) is 29.5 Å². The van der Waals surface area contributed by atoms with Crippen molar-refractivity contribution in [1.29, 1.82) is 0 Å². The van der Waals surface area contributed by atoms with E-state index in [4.69, 9.17) is 10.5 Å². The van der Waals surface area contributed by atoms with Crippen molar-refractivity contribution in [2.75, 3.05) is 13.2 Å². The van der Waals surface area contributed by atoms with Crippen LogP contribution < -0.4 is 5.73 Å². The zero-order valence-corrected chi connectivity index (χ0v) is 9.24. The van der Waals surface area contributed by atoms with Gasteiger partial charge in [0.05, 0.1) is 5.60 Å². The van der Waals surface area contributed by atoms with Crippen LogP contribution in [0.4, 0.5) is 0 Å². The number of aliphatic hydroxyl groups is 1. The quantitative estimate of drug-likeness (QED) is 0.681. The van der Waals surface area contributed by atoms with E-state index < -0.39 is 5.60 Å². The Kier molecular flexibility index (Phi) is 2.14. The van der Waals surface area contributed by atoms with Gasteiger partial charge in [-0.3, -0.25) is 0 Å². The average Bonchev–Trinajstić information content (AvgIpc) is 2.79. The van der Waals surface area contributed by atoms with Crippen molar-refractivity contribution in [3.8, 4) is 0 Å². The fourth-order valence-electron chi connectivity index (χ4n) is 4.08. The summed E-state index contributed by atoms with van der Waals surface area (Å²) in [5.41, 5.74) is 5.50. The van der Waals surface area contributed by atoms with Crippen molar-refractivity contribution in [1.82, 2.24) is 0 Å². The summed E-state index contributed by atoms with van der Waals surface area (Å²) in [5, 5.41) is 10.9. The van der Waals surface area contributed by atoms with E-state index in [1.54, 1.807) is 0 Å². The molecule has 3 aliphatic rings. The molecule has 3 heteroatoms. The third-order valence-electron chi connectivity index (χ3n) is 5.06. The lowest BCUT2D eigenvalue weighted by Crippen LogP contribution is -2.65. The minimum absolute atomic E-state index is 0.370. The van der Waals surface area contributed by atoms with Crippen LogP contribution in [0.15, 0.2) is 0 Å². The zero-order chi connectivity index (χ0) is 10.5. The van der Waals surface area contributed by atoms with Gasteiger partial charge >= 0.3 is 0 Å². The van der Waals surface area contributed by atoms with Gasteiger partial charge < -0.3 is 15.6 Å². The molecule has 3 fully saturated rings. The molecule has 0 aromatic carbocycles. The van der Waals surface area contributed by atoms with Crippen molar-refractivity contribution in [3.05, 3.63) is 0 Å². The largest absolute Gasteiger partial charge is 0.388 e. The van der Waals surface area contributed by atoms with E-state index in [2.05, 4.69) is 0 Å². The molecule has 2 bridgehead atoms. The highest BCUT2D eigenvalue weighted by atomic mass is 16.5. The number of hydrogen-bond acceptors (Lipinski definition) is 3. The van der Waals surface area contributed by atoms with E-state index in [-0.39, 0.29) is 5.54 Å². The third-order valence-corrected chi connectivity index (χ3v) is 5.06. The lowest BCUT2D eigenvalue weighted by atomic mass is 9.67. The maximum atomic E-state index is 10.9. The first-order valence-corrected chi connectivity index (χ1v) is 6.23. The van der Waals surface area contributed by atoms with E-state index in [1.807, 2.05) is 0 Å². The van der Waals surface area contributed by atoms with Gasteiger partial charge in [-0.05, 0) is 50.4 Å². The van der Waals surface area contributed by atoms with Gasteiger partial charge in [0.2, 0.25) is 0 Å². The molecule has 15 heavy (non-hydrogen) atoms. The Morgan fingerprint density at radius 3 is 2.47 bits per heavy atom. The number of rotatable bonds is 1. The first-order valence-electron chi connectivity index (χ1n) is 6.23. The molecular weight excluding hydrogens is 190 g/mol. The lowest BCUT2D eigenvalue weighted by Gasteiger charge is -2.49. The Labute approximate surface area is 91.0 Å². The molecule has 3 nitrogen and oxygen atoms in total. The Morgan fingerprint density at radius 1 is 1.20 bits per heavy atom. The standard InChI is InChI=1S/C12H21NO2/c13-11(3-5-15-6-4-11)12(14)8-9-1-2-10(12)7-9/h9-10,14H,1-8,13H2. The van der Waals surface area contributed by atoms with Crippen molar-refractivity contribution < 1.29 is 9.84 Å². The molecule has 2 saturated carbocycles. The van der Waals surface area contributed by atoms with Gasteiger partial charge in [-0.15, -0.1) is 0 Å². The van der Waals surface area contributed by atoms with Crippen LogP contribution in [0.5, 0.6) is 0 Å². The molecule has 86 valence electrons. The molecule has 3 atom stereocenters. The maximum Gasteiger partial charge on any atom is 0.0858 e. The third kappa shape index (κ3) is 1.30. The summed E-state index contributed by atoms with van der Waals surface area (Å²) in [6.07, 6.45) is 6.28. The normalized spacial score (nSPS) is 48.4. The second-order valence-corrected chi connectivity index (χ2v) is 5.77. The SMILES string of the molecule is NC1(C2(O)CC3CCC2C3)CCOCC1. The maximum absolute atomic E-state index is 10.9. The van der Waals surface area contributed by atoms with Gasteiger partial charge in [-0.25, -0.2) is 0 Å². The smallest absolute Gasteiger partial charge is 0.0858 e. The predicted molar refractivity (Wildman–Crippen MR) is 57.4 cm³/mol. The van der Waals surface area contributed by atoms with Crippen LogP contribution in [0.1, 0.15) is 38.5 Å². The molecule has 1 heterocycles. The first-order chi connectivity index (χ1) is 7.14. The molecular formula is C12H21NO2. The van der Waals surface area contributed by atoms with E-state index in [0.717, 1.165) is 38.4 Å². The number of ether oxygens (including phenoxy) is 1. The fourth-order valence-corrected chi connectivity index (χ4v) is 4.08. The summed E-state index contributed by atoms with van der Waals surface area (Å²) >= 11 is 0. The number of nitrogens with two attached hydrogens (primary N) is 1. The molecule has 0 aromatic rings. The van der Waals surface area contributed by atoms with Crippen LogP contribution in [0, 0.1) is 11.8 Å². The highest BCUT2D eigenvalue weighted by Gasteiger charge is 2.59. The monoisotopic (exact) mass is 211 g/mol. The Bertz CT molecular complexity index is 262. The van der Waals surface area contributed by atoms with Crippen LogP contribution >= 0.6 is 0 Å². The fraction of sp³-hybridized carbons (Fsp3) is 1.00. The van der Waals surface area contributed by atoms with Crippen molar-refractivity contribution in [3.63, 3.8) is 0 Å². The molecule has 3 rings (SSSR count). The molecule has 0 spiro atoms. The van der Waals surface area contributed by atoms with Gasteiger partial charge in [0, 0.05) is 18.8 Å². The lowest BCUT2D eigenvalue weighted by molar-refractivity contribution is -0.114. The topological polar surface area (TPSA) is 55.5 Å². The minimum Gasteiger partial charge on any atom is -0.388 e. The molecule has 1 saturated heterocycles. The summed E-state index contributed by atoms with van der Waals surface area (Å²) in [7, 11) is 0. The second-order valence-electron chi connectivity index (χ2n) is 5.77. The van der Waals surface area contributed by atoms with Gasteiger partial charge in [-0.1, -0.05) is 0 Å². The van der Waals surface area contributed by atoms with Gasteiger partial charge in [0.25, 0.3) is 0 Å². The van der Waals surface area contributed by atoms with E-state index in [0.29, 0.717) is 5.92 Å². The Hall–Kier alpha value is -0.120. The second kappa shape index (κ2) is 3.19. The Balaban J connectivity index is 1.85. The molecule has 3 unspecified atom stereocenters. The summed E-state index contributed by atoms with van der Waals surface area (Å²) in [6.45, 7) is 1.44. The van der Waals surface area contributed by atoms with Gasteiger partial charge in [0.15, 0.2) is 0 Å². The summed E-state index contributed by atoms with van der Waals surface area (Å²) in [4.78, 5) is 0.